The number of para-hydroxylation sites is 6. The summed E-state index contributed by atoms with van der Waals surface area (Å²) in [7, 11) is -9.02. The lowest BCUT2D eigenvalue weighted by Gasteiger charge is -2.36. The van der Waals surface area contributed by atoms with Crippen molar-refractivity contribution in [2.24, 2.45) is 0 Å². The molecule has 0 amide bonds. The summed E-state index contributed by atoms with van der Waals surface area (Å²) in [4.78, 5) is 20.5. The van der Waals surface area contributed by atoms with Gasteiger partial charge in [-0.3, -0.25) is 4.85 Å². The molecule has 0 N–H and O–H groups in total. The van der Waals surface area contributed by atoms with E-state index in [4.69, 9.17) is 32.9 Å². The monoisotopic (exact) mass is 1900 g/mol. The lowest BCUT2D eigenvalue weighted by atomic mass is 10.0. The third-order valence-electron chi connectivity index (χ3n) is 28.2. The van der Waals surface area contributed by atoms with Gasteiger partial charge in [-0.15, -0.1) is 0 Å². The highest BCUT2D eigenvalue weighted by molar-refractivity contribution is 7.22. The van der Waals surface area contributed by atoms with E-state index in [0.717, 1.165) is 115 Å². The first-order chi connectivity index (χ1) is 71.2. The number of hydrogen-bond acceptors (Lipinski definition) is 1. The van der Waals surface area contributed by atoms with E-state index in [0.29, 0.717) is 34.0 Å². The Morgan fingerprint density at radius 3 is 0.759 bits per heavy atom. The fourth-order valence-corrected chi connectivity index (χ4v) is 36.7. The molecule has 680 valence electrons. The summed E-state index contributed by atoms with van der Waals surface area (Å²) in [5, 5.41) is 31.5. The zero-order valence-corrected chi connectivity index (χ0v) is 81.3. The number of hydrogen-bond donors (Lipinski definition) is 0. The second kappa shape index (κ2) is 40.2. The normalized spacial score (nSPS) is 11.2. The van der Waals surface area contributed by atoms with E-state index < -0.39 is 24.2 Å². The average molecular weight is 1900 g/mol. The lowest BCUT2D eigenvalue weighted by molar-refractivity contribution is 1.18. The average Bonchev–Trinajstić information content (AvgIpc) is 1.30. The van der Waals surface area contributed by atoms with Gasteiger partial charge in [0.05, 0.1) is 77.6 Å². The molecule has 0 spiro atoms. The Bertz CT molecular complexity index is 8790. The Morgan fingerprint density at radius 1 is 0.193 bits per heavy atom. The van der Waals surface area contributed by atoms with Crippen LogP contribution in [0.25, 0.3) is 140 Å². The Morgan fingerprint density at radius 2 is 0.462 bits per heavy atom. The third kappa shape index (κ3) is 16.1. The molecule has 12 heteroatoms. The summed E-state index contributed by atoms with van der Waals surface area (Å²) in [6, 6.07) is 186. The summed E-state index contributed by atoms with van der Waals surface area (Å²) in [5.41, 5.74) is 18.0. The quantitative estimate of drug-likeness (QED) is 0.0480. The highest BCUT2D eigenvalue weighted by Gasteiger charge is 2.47. The van der Waals surface area contributed by atoms with Crippen molar-refractivity contribution in [1.82, 2.24) is 13.7 Å². The summed E-state index contributed by atoms with van der Waals surface area (Å²) < 4.78 is 6.87. The van der Waals surface area contributed by atoms with Crippen molar-refractivity contribution >= 4 is 180 Å². The molecule has 24 rings (SSSR count). The largest absolute Gasteiger partial charge is 0.309 e. The molecule has 0 saturated heterocycles. The Labute approximate surface area is 847 Å². The molecule has 0 saturated carbocycles. The van der Waals surface area contributed by atoms with Crippen molar-refractivity contribution in [3.05, 3.63) is 590 Å². The van der Waals surface area contributed by atoms with Crippen LogP contribution in [0.5, 0.6) is 0 Å². The minimum Gasteiger partial charge on any atom is -0.309 e. The van der Waals surface area contributed by atoms with Gasteiger partial charge in [0.1, 0.15) is 0 Å². The Hall–Kier alpha value is -19.4. The van der Waals surface area contributed by atoms with Crippen LogP contribution in [0.3, 0.4) is 0 Å². The minimum absolute atomic E-state index is 0. The molecule has 145 heavy (non-hydrogen) atoms. The number of rotatable bonds is 18. The van der Waals surface area contributed by atoms with E-state index in [9.17, 15) is 5.26 Å². The fraction of sp³-hybridized carbons (Fsp3) is 0.00752. The van der Waals surface area contributed by atoms with Crippen LogP contribution >= 0.6 is 0 Å². The first-order valence-electron chi connectivity index (χ1n) is 47.8. The van der Waals surface area contributed by atoms with Crippen LogP contribution in [0.15, 0.2) is 528 Å². The maximum Gasteiger partial charge on any atom is 0.202 e. The fourth-order valence-electron chi connectivity index (χ4n) is 22.0. The molecule has 24 aromatic rings. The van der Waals surface area contributed by atoms with Crippen LogP contribution in [0, 0.1) is 44.2 Å². The smallest absolute Gasteiger partial charge is 0.202 e. The number of fused-ring (bicyclic) bond motifs is 9. The van der Waals surface area contributed by atoms with Crippen molar-refractivity contribution in [3.8, 4) is 56.5 Å². The van der Waals surface area contributed by atoms with E-state index in [1.807, 2.05) is 84.9 Å². The first kappa shape index (κ1) is 92.0. The second-order valence-electron chi connectivity index (χ2n) is 35.6. The molecule has 0 unspecified atom stereocenters. The zero-order chi connectivity index (χ0) is 97.5. The Balaban J connectivity index is 0.000000128. The lowest BCUT2D eigenvalue weighted by Crippen LogP contribution is -2.75. The van der Waals surface area contributed by atoms with Crippen molar-refractivity contribution < 1.29 is 0 Å². The SMILES string of the molecule is C.[C-]#[N+]c1c(-c2cccc(-n3c4ccccc4c4ccccc43)c2)ccc([Si](c2ccccc2)(c2ccccc2)c2ccccc2)c1[N+]#[C-].[C-]#[N+]c1cc([N+]#[C-])c([Si](c2ccccc2)(c2ccccc2)c2ccccc2)cc1-c1ccc(-n2c3ccccc3c3ccccc32)cc1.[C-]#[N+]c1cc([Si](c2ccccc2)(c2ccccc2)c2ccccc2)c(C#N)cc1-c1ccc(-n2c3ccccc3c3ccccc32)cc1. The molecule has 0 atom stereocenters. The zero-order valence-electron chi connectivity index (χ0n) is 78.3. The van der Waals surface area contributed by atoms with E-state index >= 15 is 0 Å². The maximum absolute atomic E-state index is 10.8. The number of aromatic nitrogens is 3. The van der Waals surface area contributed by atoms with Crippen LogP contribution in [0.2, 0.25) is 0 Å². The van der Waals surface area contributed by atoms with E-state index in [2.05, 4.69) is 487 Å². The van der Waals surface area contributed by atoms with Gasteiger partial charge in [0.2, 0.25) is 5.69 Å². The molecule has 0 aliphatic rings. The van der Waals surface area contributed by atoms with E-state index in [1.165, 1.54) is 63.4 Å². The number of benzene rings is 21. The van der Waals surface area contributed by atoms with Gasteiger partial charge in [0.25, 0.3) is 0 Å². The van der Waals surface area contributed by atoms with Crippen molar-refractivity contribution in [2.75, 3.05) is 0 Å². The van der Waals surface area contributed by atoms with Gasteiger partial charge in [-0.2, -0.15) is 5.26 Å². The molecule has 0 fully saturated rings. The molecule has 0 radical (unpaired) electrons. The molecular formula is C133H91N9Si3. The van der Waals surface area contributed by atoms with Crippen LogP contribution in [0.1, 0.15) is 13.0 Å². The van der Waals surface area contributed by atoms with Gasteiger partial charge >= 0.3 is 0 Å². The molecule has 21 aromatic carbocycles. The molecular weight excluding hydrogens is 1810 g/mol. The van der Waals surface area contributed by atoms with Gasteiger partial charge in [0, 0.05) is 49.4 Å². The molecule has 0 aliphatic carbocycles. The summed E-state index contributed by atoms with van der Waals surface area (Å²) in [6.45, 7) is 42.0. The highest BCUT2D eigenvalue weighted by Crippen LogP contribution is 2.44. The van der Waals surface area contributed by atoms with Gasteiger partial charge in [0.15, 0.2) is 47.0 Å². The maximum atomic E-state index is 10.8. The van der Waals surface area contributed by atoms with E-state index in [1.54, 1.807) is 0 Å². The standard InChI is InChI=1S/3C44H29N3Si.CH4/c1-45-43-37(32-17-16-18-33(31-32)47-40-27-14-12-25-38(40)39-26-13-15-28-41(39)47)29-30-42(44(43)46-2)48(34-19-6-3-7-20-34,35-21-8-4-9-22-35)36-23-10-5-11-24-36;1-45-40-31-41(46-2)44(48(34-16-6-3-7-17-34,35-18-8-4-9-19-35)36-20-10-5-11-21-36)30-39(40)32-26-28-33(29-27-32)47-42-24-14-12-22-37(42)38-23-13-15-25-43(38)47;1-46-41-30-44(48(35-15-5-2-6-16-35,36-17-7-3-8-18-36)37-19-9-4-10-20-37)33(31-45)29-40(41)32-25-27-34(28-26-32)47-42-23-13-11-21-38(42)39-22-12-14-24-43(39)47;/h2*3-31H;2-30H;1H4. The minimum atomic E-state index is -3.01. The molecule has 9 nitrogen and oxygen atoms in total. The van der Waals surface area contributed by atoms with Gasteiger partial charge in [-0.1, -0.05) is 462 Å². The summed E-state index contributed by atoms with van der Waals surface area (Å²) in [6.07, 6.45) is 0. The first-order valence-corrected chi connectivity index (χ1v) is 53.8. The van der Waals surface area contributed by atoms with Gasteiger partial charge in [-0.25, -0.2) is 19.4 Å². The number of nitrogens with zero attached hydrogens (tertiary/aromatic N) is 9. The summed E-state index contributed by atoms with van der Waals surface area (Å²) >= 11 is 0. The van der Waals surface area contributed by atoms with Gasteiger partial charge in [-0.05, 0) is 169 Å². The summed E-state index contributed by atoms with van der Waals surface area (Å²) in [5.74, 6) is 0. The topological polar surface area (TPSA) is 60.4 Å². The van der Waals surface area contributed by atoms with E-state index in [-0.39, 0.29) is 7.43 Å². The van der Waals surface area contributed by atoms with Gasteiger partial charge < -0.3 is 13.7 Å². The molecule has 0 bridgehead atoms. The second-order valence-corrected chi connectivity index (χ2v) is 46.9. The highest BCUT2D eigenvalue weighted by atomic mass is 28.3. The molecule has 0 aliphatic heterocycles. The Kier molecular flexibility index (Phi) is 25.5. The van der Waals surface area contributed by atoms with Crippen molar-refractivity contribution in [2.45, 2.75) is 7.43 Å². The van der Waals surface area contributed by atoms with Crippen LogP contribution in [0.4, 0.5) is 28.4 Å². The predicted octanol–water partition coefficient (Wildman–Crippen LogP) is 26.7. The molecule has 3 heterocycles. The number of nitriles is 1. The van der Waals surface area contributed by atoms with Crippen LogP contribution < -0.4 is 62.2 Å². The van der Waals surface area contributed by atoms with Crippen molar-refractivity contribution in [3.63, 3.8) is 0 Å². The van der Waals surface area contributed by atoms with Crippen molar-refractivity contribution in [1.29, 1.82) is 5.26 Å². The van der Waals surface area contributed by atoms with Crippen LogP contribution in [-0.4, -0.2) is 37.9 Å². The predicted molar refractivity (Wildman–Crippen MR) is 612 cm³/mol. The molecule has 3 aromatic heterocycles. The van der Waals surface area contributed by atoms with Crippen LogP contribution in [-0.2, 0) is 0 Å². The third-order valence-corrected chi connectivity index (χ3v) is 42.6.